The summed E-state index contributed by atoms with van der Waals surface area (Å²) in [6.45, 7) is 0. The number of hydrogen-bond acceptors (Lipinski definition) is 4. The van der Waals surface area contributed by atoms with Crippen LogP contribution in [0.3, 0.4) is 0 Å². The number of aromatic nitrogens is 1. The third-order valence-corrected chi connectivity index (χ3v) is 5.44. The van der Waals surface area contributed by atoms with Gasteiger partial charge in [0.25, 0.3) is 0 Å². The molecule has 0 amide bonds. The summed E-state index contributed by atoms with van der Waals surface area (Å²) in [6, 6.07) is 29.5. The van der Waals surface area contributed by atoms with E-state index >= 15 is 0 Å². The first-order valence-corrected chi connectivity index (χ1v) is 10.3. The molecular weight excluding hydrogens is 398 g/mol. The Kier molecular flexibility index (Phi) is 5.18. The number of ether oxygens (including phenoxy) is 1. The lowest BCUT2D eigenvalue weighted by molar-refractivity contribution is 0.0878. The Balaban J connectivity index is 1.51. The molecule has 5 rings (SSSR count). The normalized spacial score (nSPS) is 13.8. The first-order chi connectivity index (χ1) is 15.7. The van der Waals surface area contributed by atoms with Crippen molar-refractivity contribution in [2.75, 3.05) is 0 Å². The number of nitrogens with zero attached hydrogens (tertiary/aromatic N) is 1. The molecule has 1 aliphatic rings. The van der Waals surface area contributed by atoms with E-state index in [0.29, 0.717) is 28.1 Å². The summed E-state index contributed by atoms with van der Waals surface area (Å²) in [5.41, 5.74) is 2.99. The van der Waals surface area contributed by atoms with Crippen molar-refractivity contribution in [1.29, 1.82) is 0 Å². The first kappa shape index (κ1) is 19.6. The standard InChI is InChI=1S/C28H19NO3/c30-27-22-10-4-5-11-23(22)28(31)26(27)24(25-12-6-7-17-29-25)18-19-13-15-21(16-14-19)32-20-8-2-1-3-9-20/h1-18,26H/b24-18+. The molecule has 0 N–H and O–H groups in total. The molecule has 0 saturated carbocycles. The van der Waals surface area contributed by atoms with Crippen molar-refractivity contribution < 1.29 is 14.3 Å². The maximum absolute atomic E-state index is 13.2. The zero-order chi connectivity index (χ0) is 21.9. The van der Waals surface area contributed by atoms with Gasteiger partial charge in [-0.3, -0.25) is 14.6 Å². The number of allylic oxidation sites excluding steroid dienone is 1. The van der Waals surface area contributed by atoms with Crippen molar-refractivity contribution in [3.8, 4) is 11.5 Å². The van der Waals surface area contributed by atoms with Crippen LogP contribution in [0.25, 0.3) is 11.6 Å². The minimum absolute atomic E-state index is 0.188. The number of hydrogen-bond donors (Lipinski definition) is 0. The molecular formula is C28H19NO3. The van der Waals surface area contributed by atoms with Gasteiger partial charge in [-0.1, -0.05) is 60.7 Å². The van der Waals surface area contributed by atoms with Crippen LogP contribution in [-0.2, 0) is 0 Å². The van der Waals surface area contributed by atoms with E-state index in [9.17, 15) is 9.59 Å². The lowest BCUT2D eigenvalue weighted by Crippen LogP contribution is -2.17. The molecule has 0 fully saturated rings. The summed E-state index contributed by atoms with van der Waals surface area (Å²) < 4.78 is 5.86. The smallest absolute Gasteiger partial charge is 0.178 e. The minimum atomic E-state index is -0.900. The predicted molar refractivity (Wildman–Crippen MR) is 124 cm³/mol. The van der Waals surface area contributed by atoms with E-state index in [2.05, 4.69) is 4.98 Å². The van der Waals surface area contributed by atoms with Gasteiger partial charge in [-0.25, -0.2) is 0 Å². The minimum Gasteiger partial charge on any atom is -0.457 e. The molecule has 1 heterocycles. The van der Waals surface area contributed by atoms with Crippen LogP contribution in [0.5, 0.6) is 11.5 Å². The summed E-state index contributed by atoms with van der Waals surface area (Å²) in [6.07, 6.45) is 3.53. The molecule has 4 nitrogen and oxygen atoms in total. The van der Waals surface area contributed by atoms with Gasteiger partial charge >= 0.3 is 0 Å². The Bertz CT molecular complexity index is 1270. The fourth-order valence-corrected chi connectivity index (χ4v) is 3.90. The van der Waals surface area contributed by atoms with Crippen molar-refractivity contribution in [2.24, 2.45) is 5.92 Å². The predicted octanol–water partition coefficient (Wildman–Crippen LogP) is 6.11. The molecule has 0 radical (unpaired) electrons. The number of carbonyl (C=O) groups excluding carboxylic acids is 2. The van der Waals surface area contributed by atoms with Gasteiger partial charge in [0.2, 0.25) is 0 Å². The van der Waals surface area contributed by atoms with E-state index in [0.717, 1.165) is 11.3 Å². The van der Waals surface area contributed by atoms with Crippen LogP contribution in [-0.4, -0.2) is 16.6 Å². The second kappa shape index (κ2) is 8.44. The molecule has 0 aliphatic heterocycles. The third kappa shape index (κ3) is 3.74. The monoisotopic (exact) mass is 417 g/mol. The van der Waals surface area contributed by atoms with Crippen LogP contribution in [0.4, 0.5) is 0 Å². The average molecular weight is 417 g/mol. The summed E-state index contributed by atoms with van der Waals surface area (Å²) >= 11 is 0. The van der Waals surface area contributed by atoms with Gasteiger partial charge in [0.05, 0.1) is 5.69 Å². The fourth-order valence-electron chi connectivity index (χ4n) is 3.90. The van der Waals surface area contributed by atoms with Gasteiger partial charge < -0.3 is 4.74 Å². The Morgan fingerprint density at radius 1 is 0.688 bits per heavy atom. The number of carbonyl (C=O) groups is 2. The molecule has 32 heavy (non-hydrogen) atoms. The second-order valence-electron chi connectivity index (χ2n) is 7.51. The van der Waals surface area contributed by atoms with Crippen molar-refractivity contribution in [3.63, 3.8) is 0 Å². The van der Waals surface area contributed by atoms with Gasteiger partial charge in [0.15, 0.2) is 11.6 Å². The Morgan fingerprint density at radius 2 is 1.28 bits per heavy atom. The number of fused-ring (bicyclic) bond motifs is 1. The molecule has 3 aromatic carbocycles. The Labute approximate surface area is 185 Å². The zero-order valence-corrected chi connectivity index (χ0v) is 17.1. The van der Waals surface area contributed by atoms with Gasteiger partial charge in [0, 0.05) is 17.3 Å². The van der Waals surface area contributed by atoms with Crippen LogP contribution in [0.2, 0.25) is 0 Å². The molecule has 0 atom stereocenters. The van der Waals surface area contributed by atoms with Crippen LogP contribution >= 0.6 is 0 Å². The third-order valence-electron chi connectivity index (χ3n) is 5.44. The van der Waals surface area contributed by atoms with Crippen molar-refractivity contribution in [2.45, 2.75) is 0 Å². The van der Waals surface area contributed by atoms with Crippen molar-refractivity contribution in [3.05, 3.63) is 126 Å². The molecule has 0 saturated heterocycles. The largest absolute Gasteiger partial charge is 0.457 e. The van der Waals surface area contributed by atoms with E-state index < -0.39 is 5.92 Å². The van der Waals surface area contributed by atoms with Gasteiger partial charge in [0.1, 0.15) is 17.4 Å². The van der Waals surface area contributed by atoms with Crippen LogP contribution in [0.15, 0.2) is 103 Å². The van der Waals surface area contributed by atoms with E-state index in [-0.39, 0.29) is 11.6 Å². The SMILES string of the molecule is O=C1c2ccccc2C(=O)C1/C(=C/c1ccc(Oc2ccccc2)cc1)c1ccccn1. The van der Waals surface area contributed by atoms with Gasteiger partial charge in [-0.15, -0.1) is 0 Å². The lowest BCUT2D eigenvalue weighted by Gasteiger charge is -2.13. The topological polar surface area (TPSA) is 56.3 Å². The fraction of sp³-hybridized carbons (Fsp3) is 0.0357. The molecule has 1 aliphatic carbocycles. The highest BCUT2D eigenvalue weighted by atomic mass is 16.5. The first-order valence-electron chi connectivity index (χ1n) is 10.3. The lowest BCUT2D eigenvalue weighted by atomic mass is 9.89. The highest BCUT2D eigenvalue weighted by Crippen LogP contribution is 2.37. The van der Waals surface area contributed by atoms with Crippen molar-refractivity contribution >= 4 is 23.2 Å². The van der Waals surface area contributed by atoms with Gasteiger partial charge in [-0.2, -0.15) is 0 Å². The van der Waals surface area contributed by atoms with Crippen molar-refractivity contribution in [1.82, 2.24) is 4.98 Å². The maximum Gasteiger partial charge on any atom is 0.178 e. The number of ketones is 2. The van der Waals surface area contributed by atoms with E-state index in [4.69, 9.17) is 4.74 Å². The maximum atomic E-state index is 13.2. The van der Waals surface area contributed by atoms with Crippen LogP contribution < -0.4 is 4.74 Å². The molecule has 4 heteroatoms. The van der Waals surface area contributed by atoms with Crippen LogP contribution in [0.1, 0.15) is 32.0 Å². The van der Waals surface area contributed by atoms with Gasteiger partial charge in [-0.05, 0) is 53.6 Å². The number of para-hydroxylation sites is 1. The van der Waals surface area contributed by atoms with E-state index in [1.807, 2.05) is 78.9 Å². The van der Waals surface area contributed by atoms with Crippen LogP contribution in [0, 0.1) is 5.92 Å². The molecule has 1 aromatic heterocycles. The number of rotatable bonds is 5. The molecule has 0 unspecified atom stereocenters. The summed E-state index contributed by atoms with van der Waals surface area (Å²) in [7, 11) is 0. The summed E-state index contributed by atoms with van der Waals surface area (Å²) in [5.74, 6) is 0.179. The number of Topliss-reactive ketones (excluding diaryl/α,β-unsaturated/α-hetero) is 2. The second-order valence-corrected chi connectivity index (χ2v) is 7.51. The number of pyridine rings is 1. The summed E-state index contributed by atoms with van der Waals surface area (Å²) in [4.78, 5) is 30.7. The van der Waals surface area contributed by atoms with E-state index in [1.54, 1.807) is 30.5 Å². The molecule has 0 spiro atoms. The van der Waals surface area contributed by atoms with E-state index in [1.165, 1.54) is 0 Å². The highest BCUT2D eigenvalue weighted by Gasteiger charge is 2.41. The molecule has 154 valence electrons. The molecule has 0 bridgehead atoms. The quantitative estimate of drug-likeness (QED) is 0.368. The zero-order valence-electron chi connectivity index (χ0n) is 17.1. The number of benzene rings is 3. The highest BCUT2D eigenvalue weighted by molar-refractivity contribution is 6.32. The Morgan fingerprint density at radius 3 is 1.91 bits per heavy atom. The summed E-state index contributed by atoms with van der Waals surface area (Å²) in [5, 5.41) is 0. The average Bonchev–Trinajstić information content (AvgIpc) is 3.10. The molecule has 4 aromatic rings. The Hall–Kier alpha value is -4.31.